The van der Waals surface area contributed by atoms with Crippen molar-refractivity contribution in [2.24, 2.45) is 0 Å². The minimum absolute atomic E-state index is 0.271. The van der Waals surface area contributed by atoms with Crippen molar-refractivity contribution in [1.82, 2.24) is 0 Å². The van der Waals surface area contributed by atoms with Crippen molar-refractivity contribution in [3.8, 4) is 23.0 Å². The molecular formula is C100H74Br8O4Si4. The highest BCUT2D eigenvalue weighted by atomic mass is 79.9. The molecule has 0 heterocycles. The third kappa shape index (κ3) is 16.4. The van der Waals surface area contributed by atoms with Gasteiger partial charge in [-0.3, -0.25) is 0 Å². The SMILES string of the molecule is Brc1cc(C(CCC(c2cc(Br)c(O[Si](c3ccccc3)(c3ccccc3)c3ccccc3)c(Br)c2)c2cc(Br)c(O[Si](c3ccccc3)(c3ccccc3)c3ccccc3)c(Br)c2)c2cc(Br)c(O[Si](c3ccccc3)(c3ccccc3)c3ccccc3)c(Br)c2)cc(Br)c1O[Si](c1ccccc1)(c1ccccc1)c1ccccc1. The number of hydrogen-bond donors (Lipinski definition) is 0. The number of rotatable bonds is 27. The van der Waals surface area contributed by atoms with Gasteiger partial charge in [-0.2, -0.15) is 0 Å². The van der Waals surface area contributed by atoms with Gasteiger partial charge in [0.15, 0.2) is 0 Å². The molecule has 0 aromatic heterocycles. The first kappa shape index (κ1) is 81.2. The molecule has 16 heteroatoms. The summed E-state index contributed by atoms with van der Waals surface area (Å²) in [6.45, 7) is 0. The second kappa shape index (κ2) is 36.7. The molecule has 0 aliphatic rings. The fourth-order valence-electron chi connectivity index (χ4n) is 16.3. The lowest BCUT2D eigenvalue weighted by Crippen LogP contribution is -2.71. The Bertz CT molecular complexity index is 4790. The van der Waals surface area contributed by atoms with E-state index in [9.17, 15) is 0 Å². The van der Waals surface area contributed by atoms with Crippen LogP contribution in [0.1, 0.15) is 46.9 Å². The molecule has 0 aliphatic carbocycles. The second-order valence-corrected chi connectivity index (χ2v) is 48.5. The van der Waals surface area contributed by atoms with E-state index in [1.807, 2.05) is 0 Å². The van der Waals surface area contributed by atoms with Gasteiger partial charge in [0, 0.05) is 11.8 Å². The molecule has 0 aliphatic heterocycles. The summed E-state index contributed by atoms with van der Waals surface area (Å²) >= 11 is 34.2. The molecular weight excluding hydrogens is 2020 g/mol. The lowest BCUT2D eigenvalue weighted by molar-refractivity contribution is 0.561. The molecule has 0 amide bonds. The summed E-state index contributed by atoms with van der Waals surface area (Å²) in [5.74, 6) is 2.27. The predicted octanol–water partition coefficient (Wildman–Crippen LogP) is 21.7. The smallest absolute Gasteiger partial charge is 0.347 e. The van der Waals surface area contributed by atoms with Crippen molar-refractivity contribution in [1.29, 1.82) is 0 Å². The largest absolute Gasteiger partial charge is 0.529 e. The molecule has 0 atom stereocenters. The van der Waals surface area contributed by atoms with Gasteiger partial charge in [-0.1, -0.05) is 364 Å². The van der Waals surface area contributed by atoms with Gasteiger partial charge in [0.1, 0.15) is 23.0 Å². The highest BCUT2D eigenvalue weighted by Gasteiger charge is 2.49. The van der Waals surface area contributed by atoms with Crippen LogP contribution in [-0.2, 0) is 0 Å². The summed E-state index contributed by atoms with van der Waals surface area (Å²) in [7, 11) is -13.3. The van der Waals surface area contributed by atoms with E-state index < -0.39 is 33.3 Å². The molecule has 0 fully saturated rings. The van der Waals surface area contributed by atoms with E-state index in [2.05, 4.69) is 540 Å². The van der Waals surface area contributed by atoms with Crippen LogP contribution < -0.4 is 79.9 Å². The molecule has 570 valence electrons. The first-order chi connectivity index (χ1) is 56.8. The first-order valence-corrected chi connectivity index (χ1v) is 52.1. The molecule has 0 spiro atoms. The molecule has 16 rings (SSSR count). The molecule has 0 bridgehead atoms. The van der Waals surface area contributed by atoms with E-state index in [-0.39, 0.29) is 11.8 Å². The van der Waals surface area contributed by atoms with E-state index in [0.29, 0.717) is 35.8 Å². The van der Waals surface area contributed by atoms with Crippen LogP contribution in [-0.4, -0.2) is 33.3 Å². The lowest BCUT2D eigenvalue weighted by atomic mass is 9.81. The Kier molecular flexibility index (Phi) is 25.7. The van der Waals surface area contributed by atoms with Gasteiger partial charge in [0.2, 0.25) is 0 Å². The highest BCUT2D eigenvalue weighted by molar-refractivity contribution is 9.12. The monoisotopic (exact) mass is 2080 g/mol. The molecule has 4 nitrogen and oxygen atoms in total. The summed E-state index contributed by atoms with van der Waals surface area (Å²) in [5.41, 5.74) is 4.22. The van der Waals surface area contributed by atoms with Crippen molar-refractivity contribution in [2.45, 2.75) is 24.7 Å². The van der Waals surface area contributed by atoms with Crippen LogP contribution in [0.25, 0.3) is 0 Å². The van der Waals surface area contributed by atoms with Crippen LogP contribution in [0.2, 0.25) is 0 Å². The zero-order valence-corrected chi connectivity index (χ0v) is 79.2. The number of halogens is 8. The van der Waals surface area contributed by atoms with Gasteiger partial charge in [-0.15, -0.1) is 0 Å². The van der Waals surface area contributed by atoms with E-state index in [0.717, 1.165) is 120 Å². The average Bonchev–Trinajstić information content (AvgIpc) is 0.756. The molecule has 0 saturated carbocycles. The summed E-state index contributed by atoms with van der Waals surface area (Å²) < 4.78 is 38.2. The van der Waals surface area contributed by atoms with Gasteiger partial charge in [0.25, 0.3) is 0 Å². The number of hydrogen-bond acceptors (Lipinski definition) is 4. The lowest BCUT2D eigenvalue weighted by Gasteiger charge is -2.35. The Morgan fingerprint density at radius 2 is 0.267 bits per heavy atom. The normalized spacial score (nSPS) is 11.8. The molecule has 16 aromatic carbocycles. The van der Waals surface area contributed by atoms with Gasteiger partial charge < -0.3 is 17.7 Å². The number of benzene rings is 16. The molecule has 116 heavy (non-hydrogen) atoms. The van der Waals surface area contributed by atoms with Crippen molar-refractivity contribution in [3.05, 3.63) is 471 Å². The maximum absolute atomic E-state index is 7.95. The summed E-state index contributed by atoms with van der Waals surface area (Å²) in [5, 5.41) is 13.4. The quantitative estimate of drug-likeness (QED) is 0.0380. The van der Waals surface area contributed by atoms with Gasteiger partial charge in [-0.05, 0) is 273 Å². The van der Waals surface area contributed by atoms with Gasteiger partial charge >= 0.3 is 33.3 Å². The van der Waals surface area contributed by atoms with E-state index >= 15 is 0 Å². The van der Waals surface area contributed by atoms with Crippen LogP contribution in [0, 0.1) is 0 Å². The van der Waals surface area contributed by atoms with Gasteiger partial charge in [-0.25, -0.2) is 0 Å². The molecule has 0 saturated heterocycles. The van der Waals surface area contributed by atoms with Crippen molar-refractivity contribution < 1.29 is 17.7 Å². The zero-order valence-electron chi connectivity index (χ0n) is 62.5. The van der Waals surface area contributed by atoms with Crippen molar-refractivity contribution in [2.75, 3.05) is 0 Å². The molecule has 0 unspecified atom stereocenters. The highest BCUT2D eigenvalue weighted by Crippen LogP contribution is 2.49. The predicted molar refractivity (Wildman–Crippen MR) is 519 cm³/mol. The van der Waals surface area contributed by atoms with Crippen LogP contribution in [0.5, 0.6) is 23.0 Å². The Hall–Kier alpha value is -8.57. The average molecular weight is 2090 g/mol. The topological polar surface area (TPSA) is 36.9 Å². The standard InChI is InChI=1S/C100H74Br8O4Si4/c101-89-63-71(64-90(102)97(89)109-113(75-37-13-1-14-38-75,76-39-15-2-16-40-76)77-41-17-3-18-42-77)87(72-65-91(103)98(92(104)66-72)110-114(78-43-19-4-20-44-78,79-45-21-5-22-46-79)80-47-23-6-24-48-80)61-62-88(73-67-93(105)99(94(106)68-73)111-115(81-49-25-7-26-50-81,82-51-27-8-28-52-82)83-53-29-9-30-54-83)74-69-95(107)100(96(108)70-74)112-116(84-55-31-10-32-56-84,85-57-33-11-34-58-85)86-59-35-12-36-60-86/h1-60,63-70,87-88H,61-62H2. The summed E-state index contributed by atoms with van der Waals surface area (Å²) in [6, 6.07) is 147. The Morgan fingerprint density at radius 3 is 0.371 bits per heavy atom. The molecule has 0 N–H and O–H groups in total. The fourth-order valence-corrected chi connectivity index (χ4v) is 38.5. The first-order valence-electron chi connectivity index (χ1n) is 38.2. The minimum atomic E-state index is -3.33. The second-order valence-electron chi connectivity index (χ2n) is 28.5. The summed E-state index contributed by atoms with van der Waals surface area (Å²) in [4.78, 5) is 0. The third-order valence-electron chi connectivity index (χ3n) is 21.6. The minimum Gasteiger partial charge on any atom is -0.529 e. The zero-order chi connectivity index (χ0) is 79.6. The fraction of sp³-hybridized carbons (Fsp3) is 0.0400. The maximum Gasteiger partial charge on any atom is 0.347 e. The van der Waals surface area contributed by atoms with Crippen LogP contribution >= 0.6 is 127 Å². The van der Waals surface area contributed by atoms with E-state index in [1.54, 1.807) is 0 Å². The van der Waals surface area contributed by atoms with Crippen molar-refractivity contribution in [3.63, 3.8) is 0 Å². The third-order valence-corrected chi connectivity index (χ3v) is 42.1. The Balaban J connectivity index is 0.879. The van der Waals surface area contributed by atoms with E-state index in [1.165, 1.54) is 0 Å². The molecule has 16 aromatic rings. The van der Waals surface area contributed by atoms with Crippen LogP contribution in [0.3, 0.4) is 0 Å². The maximum atomic E-state index is 7.95. The van der Waals surface area contributed by atoms with E-state index in [4.69, 9.17) is 17.7 Å². The van der Waals surface area contributed by atoms with Crippen molar-refractivity contribution >= 4 is 223 Å². The Labute approximate surface area is 750 Å². The van der Waals surface area contributed by atoms with Gasteiger partial charge in [0.05, 0.1) is 35.8 Å². The summed E-state index contributed by atoms with van der Waals surface area (Å²) in [6.07, 6.45) is 1.27. The molecule has 0 radical (unpaired) electrons. The van der Waals surface area contributed by atoms with Crippen LogP contribution in [0.15, 0.2) is 448 Å². The Morgan fingerprint density at radius 1 is 0.164 bits per heavy atom. The van der Waals surface area contributed by atoms with Crippen LogP contribution in [0.4, 0.5) is 0 Å².